The average molecular weight is 256 g/mol. The third-order valence-corrected chi connectivity index (χ3v) is 2.57. The predicted molar refractivity (Wildman–Crippen MR) is 62.1 cm³/mol. The largest absolute Gasteiger partial charge is 0.380 e. The highest BCUT2D eigenvalue weighted by molar-refractivity contribution is 5.50. The van der Waals surface area contributed by atoms with Crippen molar-refractivity contribution in [2.45, 2.75) is 6.10 Å². The van der Waals surface area contributed by atoms with Crippen LogP contribution in [0, 0.1) is 15.9 Å². The molecule has 98 valence electrons. The summed E-state index contributed by atoms with van der Waals surface area (Å²) in [5.74, 6) is -0.652. The number of non-ortho nitro benzene ring substituents is 1. The molecule has 1 heterocycles. The van der Waals surface area contributed by atoms with E-state index in [0.717, 1.165) is 6.07 Å². The zero-order valence-corrected chi connectivity index (χ0v) is 9.60. The van der Waals surface area contributed by atoms with Crippen LogP contribution in [0.3, 0.4) is 0 Å². The van der Waals surface area contributed by atoms with Crippen molar-refractivity contribution in [3.63, 3.8) is 0 Å². The molecule has 1 aromatic rings. The molecule has 0 aromatic heterocycles. The van der Waals surface area contributed by atoms with Crippen LogP contribution in [-0.2, 0) is 9.47 Å². The highest BCUT2D eigenvalue weighted by Crippen LogP contribution is 2.20. The Hall–Kier alpha value is -1.73. The van der Waals surface area contributed by atoms with Crippen molar-refractivity contribution in [2.75, 3.05) is 31.7 Å². The van der Waals surface area contributed by atoms with Gasteiger partial charge < -0.3 is 14.8 Å². The minimum absolute atomic E-state index is 0.131. The van der Waals surface area contributed by atoms with Gasteiger partial charge in [0.1, 0.15) is 0 Å². The number of rotatable bonds is 4. The maximum atomic E-state index is 13.5. The Labute approximate surface area is 103 Å². The second kappa shape index (κ2) is 5.74. The fourth-order valence-electron chi connectivity index (χ4n) is 1.64. The number of hydrogen-bond acceptors (Lipinski definition) is 5. The summed E-state index contributed by atoms with van der Waals surface area (Å²) in [5, 5.41) is 13.3. The SMILES string of the molecule is O=[N+]([O-])c1ccc(NCC2COCCO2)c(F)c1. The average Bonchev–Trinajstić information content (AvgIpc) is 2.38. The van der Waals surface area contributed by atoms with Crippen molar-refractivity contribution in [3.8, 4) is 0 Å². The Bertz CT molecular complexity index is 435. The van der Waals surface area contributed by atoms with Gasteiger partial charge in [-0.3, -0.25) is 10.1 Å². The summed E-state index contributed by atoms with van der Waals surface area (Å²) in [5.41, 5.74) is -0.0509. The van der Waals surface area contributed by atoms with Gasteiger partial charge in [0.2, 0.25) is 0 Å². The topological polar surface area (TPSA) is 73.6 Å². The lowest BCUT2D eigenvalue weighted by Gasteiger charge is -2.23. The zero-order chi connectivity index (χ0) is 13.0. The monoisotopic (exact) mass is 256 g/mol. The van der Waals surface area contributed by atoms with Gasteiger partial charge in [0.25, 0.3) is 5.69 Å². The molecule has 0 radical (unpaired) electrons. The molecular weight excluding hydrogens is 243 g/mol. The molecule has 6 nitrogen and oxygen atoms in total. The standard InChI is InChI=1S/C11H13FN2O4/c12-10-5-8(14(15)16)1-2-11(10)13-6-9-7-17-3-4-18-9/h1-2,5,9,13H,3-4,6-7H2. The van der Waals surface area contributed by atoms with Gasteiger partial charge in [-0.05, 0) is 6.07 Å². The van der Waals surface area contributed by atoms with E-state index in [0.29, 0.717) is 26.4 Å². The first kappa shape index (κ1) is 12.7. The minimum atomic E-state index is -0.652. The van der Waals surface area contributed by atoms with E-state index in [2.05, 4.69) is 5.32 Å². The first-order chi connectivity index (χ1) is 8.66. The van der Waals surface area contributed by atoms with Crippen LogP contribution >= 0.6 is 0 Å². The highest BCUT2D eigenvalue weighted by atomic mass is 19.1. The fraction of sp³-hybridized carbons (Fsp3) is 0.455. The van der Waals surface area contributed by atoms with Gasteiger partial charge in [-0.1, -0.05) is 0 Å². The van der Waals surface area contributed by atoms with E-state index in [1.54, 1.807) is 0 Å². The molecule has 1 aliphatic heterocycles. The van der Waals surface area contributed by atoms with Crippen LogP contribution in [0.2, 0.25) is 0 Å². The van der Waals surface area contributed by atoms with Gasteiger partial charge in [-0.2, -0.15) is 0 Å². The smallest absolute Gasteiger partial charge is 0.272 e. The van der Waals surface area contributed by atoms with E-state index in [4.69, 9.17) is 9.47 Å². The normalized spacial score (nSPS) is 19.5. The second-order valence-electron chi connectivity index (χ2n) is 3.87. The number of benzene rings is 1. The van der Waals surface area contributed by atoms with Crippen LogP contribution in [0.4, 0.5) is 15.8 Å². The number of halogens is 1. The van der Waals surface area contributed by atoms with Crippen LogP contribution in [-0.4, -0.2) is 37.4 Å². The third kappa shape index (κ3) is 3.14. The molecule has 0 spiro atoms. The van der Waals surface area contributed by atoms with Crippen molar-refractivity contribution in [3.05, 3.63) is 34.1 Å². The maximum absolute atomic E-state index is 13.5. The predicted octanol–water partition coefficient (Wildman–Crippen LogP) is 1.56. The lowest BCUT2D eigenvalue weighted by Crippen LogP contribution is -2.34. The molecule has 1 saturated heterocycles. The maximum Gasteiger partial charge on any atom is 0.272 e. The Morgan fingerprint density at radius 2 is 2.33 bits per heavy atom. The van der Waals surface area contributed by atoms with Crippen LogP contribution in [0.25, 0.3) is 0 Å². The molecule has 0 saturated carbocycles. The number of nitrogens with zero attached hydrogens (tertiary/aromatic N) is 1. The molecule has 1 aliphatic rings. The molecule has 1 aromatic carbocycles. The van der Waals surface area contributed by atoms with Crippen molar-refractivity contribution < 1.29 is 18.8 Å². The van der Waals surface area contributed by atoms with Crippen molar-refractivity contribution in [1.29, 1.82) is 0 Å². The Morgan fingerprint density at radius 1 is 1.50 bits per heavy atom. The first-order valence-electron chi connectivity index (χ1n) is 5.54. The Kier molecular flexibility index (Phi) is 4.06. The first-order valence-corrected chi connectivity index (χ1v) is 5.54. The van der Waals surface area contributed by atoms with Crippen LogP contribution in [0.5, 0.6) is 0 Å². The highest BCUT2D eigenvalue weighted by Gasteiger charge is 2.15. The van der Waals surface area contributed by atoms with E-state index in [-0.39, 0.29) is 17.5 Å². The van der Waals surface area contributed by atoms with E-state index < -0.39 is 10.7 Å². The van der Waals surface area contributed by atoms with Crippen molar-refractivity contribution in [2.24, 2.45) is 0 Å². The number of nitro benzene ring substituents is 1. The number of anilines is 1. The van der Waals surface area contributed by atoms with Gasteiger partial charge in [0.15, 0.2) is 5.82 Å². The summed E-state index contributed by atoms with van der Waals surface area (Å²) >= 11 is 0. The third-order valence-electron chi connectivity index (χ3n) is 2.57. The molecular formula is C11H13FN2O4. The lowest BCUT2D eigenvalue weighted by atomic mass is 10.2. The Balaban J connectivity index is 1.94. The van der Waals surface area contributed by atoms with E-state index in [1.165, 1.54) is 12.1 Å². The zero-order valence-electron chi connectivity index (χ0n) is 9.60. The summed E-state index contributed by atoms with van der Waals surface area (Å²) in [4.78, 5) is 9.82. The van der Waals surface area contributed by atoms with Gasteiger partial charge in [0.05, 0.1) is 42.6 Å². The molecule has 0 amide bonds. The van der Waals surface area contributed by atoms with Gasteiger partial charge in [-0.15, -0.1) is 0 Å². The van der Waals surface area contributed by atoms with Crippen LogP contribution in [0.1, 0.15) is 0 Å². The molecule has 1 atom stereocenters. The molecule has 0 bridgehead atoms. The summed E-state index contributed by atoms with van der Waals surface area (Å²) in [6, 6.07) is 3.49. The molecule has 1 N–H and O–H groups in total. The van der Waals surface area contributed by atoms with Crippen molar-refractivity contribution >= 4 is 11.4 Å². The van der Waals surface area contributed by atoms with Gasteiger partial charge >= 0.3 is 0 Å². The van der Waals surface area contributed by atoms with Crippen LogP contribution in [0.15, 0.2) is 18.2 Å². The summed E-state index contributed by atoms with van der Waals surface area (Å²) < 4.78 is 24.1. The molecule has 7 heteroatoms. The van der Waals surface area contributed by atoms with Gasteiger partial charge in [-0.25, -0.2) is 4.39 Å². The second-order valence-corrected chi connectivity index (χ2v) is 3.87. The lowest BCUT2D eigenvalue weighted by molar-refractivity contribution is -0.385. The summed E-state index contributed by atoms with van der Waals surface area (Å²) in [6.45, 7) is 1.95. The Morgan fingerprint density at radius 3 is 2.94 bits per heavy atom. The van der Waals surface area contributed by atoms with E-state index in [9.17, 15) is 14.5 Å². The van der Waals surface area contributed by atoms with Crippen LogP contribution < -0.4 is 5.32 Å². The number of nitrogens with one attached hydrogen (secondary N) is 1. The summed E-state index contributed by atoms with van der Waals surface area (Å²) in [7, 11) is 0. The molecule has 1 fully saturated rings. The quantitative estimate of drug-likeness (QED) is 0.653. The molecule has 18 heavy (non-hydrogen) atoms. The molecule has 1 unspecified atom stereocenters. The van der Waals surface area contributed by atoms with Gasteiger partial charge in [0, 0.05) is 12.6 Å². The van der Waals surface area contributed by atoms with E-state index >= 15 is 0 Å². The number of ether oxygens (including phenoxy) is 2. The molecule has 2 rings (SSSR count). The number of hydrogen-bond donors (Lipinski definition) is 1. The molecule has 0 aliphatic carbocycles. The fourth-order valence-corrected chi connectivity index (χ4v) is 1.64. The van der Waals surface area contributed by atoms with E-state index in [1.807, 2.05) is 0 Å². The number of nitro groups is 1. The summed E-state index contributed by atoms with van der Waals surface area (Å²) in [6.07, 6.45) is -0.131. The van der Waals surface area contributed by atoms with Crippen molar-refractivity contribution in [1.82, 2.24) is 0 Å². The minimum Gasteiger partial charge on any atom is -0.380 e.